The summed E-state index contributed by atoms with van der Waals surface area (Å²) in [4.78, 5) is 14.3. The first-order chi connectivity index (χ1) is 10.1. The summed E-state index contributed by atoms with van der Waals surface area (Å²) < 4.78 is 0. The van der Waals surface area contributed by atoms with Crippen molar-refractivity contribution in [2.24, 2.45) is 5.92 Å². The molecule has 0 spiro atoms. The third kappa shape index (κ3) is 4.07. The summed E-state index contributed by atoms with van der Waals surface area (Å²) in [6, 6.07) is 10.0. The third-order valence-electron chi connectivity index (χ3n) is 4.67. The van der Waals surface area contributed by atoms with Gasteiger partial charge < -0.3 is 4.90 Å². The van der Waals surface area contributed by atoms with Crippen LogP contribution in [0.25, 0.3) is 0 Å². The molecule has 2 rings (SSSR count). The molecule has 0 bridgehead atoms. The predicted octanol–water partition coefficient (Wildman–Crippen LogP) is 3.53. The molecule has 21 heavy (non-hydrogen) atoms. The molecule has 0 aliphatic heterocycles. The van der Waals surface area contributed by atoms with E-state index in [1.54, 1.807) is 0 Å². The lowest BCUT2D eigenvalue weighted by molar-refractivity contribution is -0.133. The number of benzene rings is 1. The summed E-state index contributed by atoms with van der Waals surface area (Å²) in [7, 11) is 1.95. The van der Waals surface area contributed by atoms with Crippen LogP contribution in [0.1, 0.15) is 50.2 Å². The van der Waals surface area contributed by atoms with Gasteiger partial charge in [-0.05, 0) is 42.9 Å². The smallest absolute Gasteiger partial charge is 0.222 e. The summed E-state index contributed by atoms with van der Waals surface area (Å²) in [5.74, 6) is 0.848. The number of nitriles is 1. The molecule has 1 aliphatic carbocycles. The average Bonchev–Trinajstić information content (AvgIpc) is 2.53. The first-order valence-corrected chi connectivity index (χ1v) is 7.86. The molecule has 0 saturated heterocycles. The lowest BCUT2D eigenvalue weighted by atomic mass is 9.85. The molecule has 1 aliphatic rings. The van der Waals surface area contributed by atoms with Crippen molar-refractivity contribution in [1.82, 2.24) is 4.90 Å². The first-order valence-electron chi connectivity index (χ1n) is 7.86. The van der Waals surface area contributed by atoms with Crippen LogP contribution in [-0.2, 0) is 11.2 Å². The number of hydrogen-bond acceptors (Lipinski definition) is 2. The molecule has 3 nitrogen and oxygen atoms in total. The molecule has 1 fully saturated rings. The largest absolute Gasteiger partial charge is 0.343 e. The van der Waals surface area contributed by atoms with Crippen molar-refractivity contribution < 1.29 is 4.79 Å². The van der Waals surface area contributed by atoms with Crippen LogP contribution in [0.5, 0.6) is 0 Å². The second-order valence-electron chi connectivity index (χ2n) is 6.14. The number of aryl methyl sites for hydroxylation is 1. The maximum Gasteiger partial charge on any atom is 0.222 e. The van der Waals surface area contributed by atoms with Crippen LogP contribution in [-0.4, -0.2) is 23.9 Å². The van der Waals surface area contributed by atoms with E-state index in [0.29, 0.717) is 23.9 Å². The van der Waals surface area contributed by atoms with Crippen molar-refractivity contribution >= 4 is 5.91 Å². The molecule has 2 atom stereocenters. The molecule has 1 amide bonds. The summed E-state index contributed by atoms with van der Waals surface area (Å²) in [6.07, 6.45) is 6.20. The third-order valence-corrected chi connectivity index (χ3v) is 4.67. The fourth-order valence-electron chi connectivity index (χ4n) is 3.23. The van der Waals surface area contributed by atoms with Gasteiger partial charge >= 0.3 is 0 Å². The molecular formula is C18H24N2O. The Hall–Kier alpha value is -1.82. The fraction of sp³-hybridized carbons (Fsp3) is 0.556. The van der Waals surface area contributed by atoms with Gasteiger partial charge in [0.1, 0.15) is 0 Å². The molecular weight excluding hydrogens is 260 g/mol. The lowest BCUT2D eigenvalue weighted by Gasteiger charge is -2.36. The molecule has 0 heterocycles. The Kier molecular flexibility index (Phi) is 5.38. The van der Waals surface area contributed by atoms with Gasteiger partial charge in [-0.1, -0.05) is 31.9 Å². The van der Waals surface area contributed by atoms with E-state index in [9.17, 15) is 4.79 Å². The second-order valence-corrected chi connectivity index (χ2v) is 6.14. The number of nitrogens with zero attached hydrogens (tertiary/aromatic N) is 2. The van der Waals surface area contributed by atoms with Gasteiger partial charge in [-0.2, -0.15) is 5.26 Å². The van der Waals surface area contributed by atoms with Gasteiger partial charge in [0, 0.05) is 19.5 Å². The van der Waals surface area contributed by atoms with Crippen LogP contribution in [0.2, 0.25) is 0 Å². The summed E-state index contributed by atoms with van der Waals surface area (Å²) in [5, 5.41) is 8.78. The van der Waals surface area contributed by atoms with E-state index in [-0.39, 0.29) is 5.91 Å². The van der Waals surface area contributed by atoms with Gasteiger partial charge in [0.2, 0.25) is 5.91 Å². The van der Waals surface area contributed by atoms with E-state index < -0.39 is 0 Å². The number of carbonyl (C=O) groups excluding carboxylic acids is 1. The zero-order valence-corrected chi connectivity index (χ0v) is 13.0. The van der Waals surface area contributed by atoms with Crippen LogP contribution in [0.4, 0.5) is 0 Å². The minimum atomic E-state index is 0.234. The Labute approximate surface area is 127 Å². The van der Waals surface area contributed by atoms with Crippen LogP contribution in [0.3, 0.4) is 0 Å². The molecule has 112 valence electrons. The topological polar surface area (TPSA) is 44.1 Å². The molecule has 2 unspecified atom stereocenters. The van der Waals surface area contributed by atoms with Gasteiger partial charge in [0.25, 0.3) is 0 Å². The quantitative estimate of drug-likeness (QED) is 0.849. The van der Waals surface area contributed by atoms with Gasteiger partial charge in [-0.25, -0.2) is 0 Å². The van der Waals surface area contributed by atoms with E-state index in [0.717, 1.165) is 18.4 Å². The standard InChI is InChI=1S/C18H24N2O/c1-14-5-3-4-6-17(14)20(2)18(21)12-11-15-7-9-16(13-19)10-8-15/h7-10,14,17H,3-6,11-12H2,1-2H3. The zero-order valence-electron chi connectivity index (χ0n) is 13.0. The molecule has 1 aromatic carbocycles. The second kappa shape index (κ2) is 7.26. The molecule has 1 saturated carbocycles. The van der Waals surface area contributed by atoms with Crippen molar-refractivity contribution in [2.75, 3.05) is 7.05 Å². The monoisotopic (exact) mass is 284 g/mol. The Morgan fingerprint density at radius 1 is 1.29 bits per heavy atom. The van der Waals surface area contributed by atoms with E-state index in [4.69, 9.17) is 5.26 Å². The Morgan fingerprint density at radius 2 is 1.95 bits per heavy atom. The molecule has 1 aromatic rings. The SMILES string of the molecule is CC1CCCCC1N(C)C(=O)CCc1ccc(C#N)cc1. The van der Waals surface area contributed by atoms with E-state index in [1.807, 2.05) is 36.2 Å². The number of carbonyl (C=O) groups is 1. The fourth-order valence-corrected chi connectivity index (χ4v) is 3.23. The van der Waals surface area contributed by atoms with E-state index in [2.05, 4.69) is 13.0 Å². The Balaban J connectivity index is 1.87. The summed E-state index contributed by atoms with van der Waals surface area (Å²) in [6.45, 7) is 2.26. The molecule has 0 N–H and O–H groups in total. The van der Waals surface area contributed by atoms with Crippen LogP contribution in [0, 0.1) is 17.2 Å². The van der Waals surface area contributed by atoms with Crippen molar-refractivity contribution in [3.63, 3.8) is 0 Å². The van der Waals surface area contributed by atoms with Crippen molar-refractivity contribution in [3.05, 3.63) is 35.4 Å². The first kappa shape index (κ1) is 15.6. The van der Waals surface area contributed by atoms with Gasteiger partial charge in [0.15, 0.2) is 0 Å². The highest BCUT2D eigenvalue weighted by atomic mass is 16.2. The summed E-state index contributed by atoms with van der Waals surface area (Å²) in [5.41, 5.74) is 1.78. The van der Waals surface area contributed by atoms with E-state index in [1.165, 1.54) is 19.3 Å². The van der Waals surface area contributed by atoms with Gasteiger partial charge in [0.05, 0.1) is 11.6 Å². The maximum atomic E-state index is 12.4. The van der Waals surface area contributed by atoms with Gasteiger partial charge in [-0.3, -0.25) is 4.79 Å². The number of amides is 1. The van der Waals surface area contributed by atoms with Crippen LogP contribution in [0.15, 0.2) is 24.3 Å². The molecule has 0 radical (unpaired) electrons. The summed E-state index contributed by atoms with van der Waals surface area (Å²) >= 11 is 0. The highest BCUT2D eigenvalue weighted by Crippen LogP contribution is 2.27. The van der Waals surface area contributed by atoms with Crippen molar-refractivity contribution in [2.45, 2.75) is 51.5 Å². The predicted molar refractivity (Wildman–Crippen MR) is 83.7 cm³/mol. The maximum absolute atomic E-state index is 12.4. The number of hydrogen-bond donors (Lipinski definition) is 0. The van der Waals surface area contributed by atoms with Crippen molar-refractivity contribution in [3.8, 4) is 6.07 Å². The highest BCUT2D eigenvalue weighted by molar-refractivity contribution is 5.76. The minimum Gasteiger partial charge on any atom is -0.343 e. The number of rotatable bonds is 4. The van der Waals surface area contributed by atoms with E-state index >= 15 is 0 Å². The Bertz CT molecular complexity index is 515. The van der Waals surface area contributed by atoms with Crippen LogP contribution < -0.4 is 0 Å². The van der Waals surface area contributed by atoms with Gasteiger partial charge in [-0.15, -0.1) is 0 Å². The minimum absolute atomic E-state index is 0.234. The average molecular weight is 284 g/mol. The molecule has 3 heteroatoms. The Morgan fingerprint density at radius 3 is 2.57 bits per heavy atom. The van der Waals surface area contributed by atoms with Crippen LogP contribution >= 0.6 is 0 Å². The molecule has 0 aromatic heterocycles. The van der Waals surface area contributed by atoms with Crippen molar-refractivity contribution in [1.29, 1.82) is 5.26 Å². The zero-order chi connectivity index (χ0) is 15.2. The highest BCUT2D eigenvalue weighted by Gasteiger charge is 2.27. The lowest BCUT2D eigenvalue weighted by Crippen LogP contribution is -2.42. The normalized spacial score (nSPS) is 21.6.